The second kappa shape index (κ2) is 9.24. The average Bonchev–Trinajstić information content (AvgIpc) is 3.10. The maximum Gasteiger partial charge on any atom is 0.338 e. The summed E-state index contributed by atoms with van der Waals surface area (Å²) in [5.41, 5.74) is 0.801. The van der Waals surface area contributed by atoms with Gasteiger partial charge in [0.25, 0.3) is 15.9 Å². The topological polar surface area (TPSA) is 111 Å². The first-order valence-corrected chi connectivity index (χ1v) is 13.9. The van der Waals surface area contributed by atoms with Gasteiger partial charge in [-0.15, -0.1) is 0 Å². The van der Waals surface area contributed by atoms with Crippen molar-refractivity contribution in [2.24, 2.45) is 10.8 Å². The maximum absolute atomic E-state index is 12.9. The molecule has 1 saturated heterocycles. The Bertz CT molecular complexity index is 1320. The molecule has 3 aliphatic rings. The van der Waals surface area contributed by atoms with Crippen LogP contribution in [0, 0.1) is 10.8 Å². The molecule has 1 saturated carbocycles. The van der Waals surface area contributed by atoms with E-state index in [1.807, 2.05) is 4.90 Å². The van der Waals surface area contributed by atoms with Gasteiger partial charge in [-0.05, 0) is 66.5 Å². The number of benzene rings is 2. The van der Waals surface area contributed by atoms with Gasteiger partial charge >= 0.3 is 5.97 Å². The standard InChI is InChI=1S/C27H32N2O7S/c1-26(2)13-20-14-27(3,16-26)17-29(20)24(30)15-36-25(31)18-4-6-19(7-5-18)28-37(32,33)21-8-9-22-23(12-21)35-11-10-34-22/h4-9,12,20,28H,10-11,13-17H2,1-3H3/t20-,27+/m0/s1. The summed E-state index contributed by atoms with van der Waals surface area (Å²) in [5, 5.41) is 0. The molecule has 2 aromatic rings. The number of amides is 1. The fraction of sp³-hybridized carbons (Fsp3) is 0.481. The number of rotatable bonds is 6. The van der Waals surface area contributed by atoms with E-state index in [4.69, 9.17) is 14.2 Å². The van der Waals surface area contributed by atoms with Crippen LogP contribution < -0.4 is 14.2 Å². The highest BCUT2D eigenvalue weighted by Crippen LogP contribution is 2.52. The van der Waals surface area contributed by atoms with Gasteiger partial charge in [0.1, 0.15) is 13.2 Å². The van der Waals surface area contributed by atoms with Crippen LogP contribution >= 0.6 is 0 Å². The summed E-state index contributed by atoms with van der Waals surface area (Å²) in [6.07, 6.45) is 3.01. The van der Waals surface area contributed by atoms with Crippen molar-refractivity contribution in [1.29, 1.82) is 0 Å². The molecule has 1 aliphatic carbocycles. The molecule has 10 heteroatoms. The smallest absolute Gasteiger partial charge is 0.338 e. The lowest BCUT2D eigenvalue weighted by molar-refractivity contribution is -0.135. The minimum absolute atomic E-state index is 0.0300. The third-order valence-electron chi connectivity index (χ3n) is 7.26. The Hall–Kier alpha value is -3.27. The van der Waals surface area contributed by atoms with Crippen molar-refractivity contribution in [3.05, 3.63) is 48.0 Å². The van der Waals surface area contributed by atoms with Crippen LogP contribution in [-0.4, -0.2) is 57.6 Å². The molecule has 198 valence electrons. The molecule has 0 spiro atoms. The first-order chi connectivity index (χ1) is 17.4. The monoisotopic (exact) mass is 528 g/mol. The quantitative estimate of drug-likeness (QED) is 0.567. The number of sulfonamides is 1. The summed E-state index contributed by atoms with van der Waals surface area (Å²) < 4.78 is 44.3. The van der Waals surface area contributed by atoms with E-state index in [9.17, 15) is 18.0 Å². The van der Waals surface area contributed by atoms with E-state index >= 15 is 0 Å². The molecule has 2 heterocycles. The molecule has 0 unspecified atom stereocenters. The Morgan fingerprint density at radius 2 is 1.73 bits per heavy atom. The molecule has 2 atom stereocenters. The summed E-state index contributed by atoms with van der Waals surface area (Å²) in [6, 6.07) is 10.5. The molecule has 0 radical (unpaired) electrons. The number of carbonyl (C=O) groups excluding carboxylic acids is 2. The average molecular weight is 529 g/mol. The van der Waals surface area contributed by atoms with Crippen molar-refractivity contribution < 1.29 is 32.2 Å². The van der Waals surface area contributed by atoms with Crippen molar-refractivity contribution in [2.75, 3.05) is 31.1 Å². The number of hydrogen-bond donors (Lipinski definition) is 1. The van der Waals surface area contributed by atoms with Crippen LogP contribution in [0.3, 0.4) is 0 Å². The molecule has 2 fully saturated rings. The van der Waals surface area contributed by atoms with E-state index in [0.29, 0.717) is 31.3 Å². The van der Waals surface area contributed by atoms with Crippen molar-refractivity contribution in [2.45, 2.75) is 51.0 Å². The van der Waals surface area contributed by atoms with E-state index in [1.54, 1.807) is 6.07 Å². The van der Waals surface area contributed by atoms with Gasteiger partial charge in [-0.3, -0.25) is 9.52 Å². The zero-order valence-corrected chi connectivity index (χ0v) is 22.1. The Morgan fingerprint density at radius 1 is 1.03 bits per heavy atom. The maximum atomic E-state index is 12.9. The summed E-state index contributed by atoms with van der Waals surface area (Å²) in [6.45, 7) is 7.85. The predicted octanol–water partition coefficient (Wildman–Crippen LogP) is 3.84. The molecule has 9 nitrogen and oxygen atoms in total. The van der Waals surface area contributed by atoms with E-state index in [0.717, 1.165) is 19.3 Å². The Kier molecular flexibility index (Phi) is 6.34. The molecule has 2 aliphatic heterocycles. The van der Waals surface area contributed by atoms with Crippen molar-refractivity contribution in [3.63, 3.8) is 0 Å². The number of hydrogen-bond acceptors (Lipinski definition) is 7. The third-order valence-corrected chi connectivity index (χ3v) is 8.64. The third kappa shape index (κ3) is 5.39. The van der Waals surface area contributed by atoms with E-state index in [2.05, 4.69) is 25.5 Å². The molecular weight excluding hydrogens is 496 g/mol. The predicted molar refractivity (Wildman–Crippen MR) is 136 cm³/mol. The van der Waals surface area contributed by atoms with Gasteiger partial charge in [0, 0.05) is 24.3 Å². The fourth-order valence-electron chi connectivity index (χ4n) is 6.12. The number of fused-ring (bicyclic) bond motifs is 3. The van der Waals surface area contributed by atoms with E-state index in [1.165, 1.54) is 36.4 Å². The molecule has 5 rings (SSSR count). The minimum Gasteiger partial charge on any atom is -0.486 e. The lowest BCUT2D eigenvalue weighted by Crippen LogP contribution is -2.39. The van der Waals surface area contributed by atoms with Crippen LogP contribution in [0.1, 0.15) is 50.4 Å². The van der Waals surface area contributed by atoms with Crippen LogP contribution in [0.4, 0.5) is 5.69 Å². The molecule has 0 aromatic heterocycles. The first kappa shape index (κ1) is 25.4. The SMILES string of the molecule is CC1(C)C[C@H]2C[C@@](C)(CN2C(=O)COC(=O)c2ccc(NS(=O)(=O)c3ccc4c(c3)OCCO4)cc2)C1. The molecule has 1 amide bonds. The van der Waals surface area contributed by atoms with Crippen LogP contribution in [0.15, 0.2) is 47.4 Å². The molecule has 2 aromatic carbocycles. The van der Waals surface area contributed by atoms with Gasteiger partial charge in [0.05, 0.1) is 10.5 Å². The first-order valence-electron chi connectivity index (χ1n) is 12.4. The number of nitrogens with zero attached hydrogens (tertiary/aromatic N) is 1. The number of likely N-dealkylation sites (tertiary alicyclic amines) is 1. The van der Waals surface area contributed by atoms with Crippen LogP contribution in [0.2, 0.25) is 0 Å². The Morgan fingerprint density at radius 3 is 2.46 bits per heavy atom. The second-order valence-corrected chi connectivity index (χ2v) is 13.0. The highest BCUT2D eigenvalue weighted by molar-refractivity contribution is 7.92. The van der Waals surface area contributed by atoms with Crippen LogP contribution in [-0.2, 0) is 19.6 Å². The van der Waals surface area contributed by atoms with Gasteiger partial charge in [0.15, 0.2) is 18.1 Å². The van der Waals surface area contributed by atoms with Gasteiger partial charge in [-0.2, -0.15) is 0 Å². The van der Waals surface area contributed by atoms with E-state index in [-0.39, 0.29) is 45.5 Å². The highest BCUT2D eigenvalue weighted by atomic mass is 32.2. The van der Waals surface area contributed by atoms with E-state index < -0.39 is 16.0 Å². The normalized spacial score (nSPS) is 23.9. The Balaban J connectivity index is 1.18. The lowest BCUT2D eigenvalue weighted by Gasteiger charge is -2.39. The second-order valence-electron chi connectivity index (χ2n) is 11.3. The van der Waals surface area contributed by atoms with Crippen LogP contribution in [0.25, 0.3) is 0 Å². The molecular formula is C27H32N2O7S. The molecule has 1 N–H and O–H groups in total. The number of nitrogens with one attached hydrogen (secondary N) is 1. The van der Waals surface area contributed by atoms with Crippen molar-refractivity contribution >= 4 is 27.6 Å². The largest absolute Gasteiger partial charge is 0.486 e. The molecule has 2 bridgehead atoms. The number of carbonyl (C=O) groups is 2. The summed E-state index contributed by atoms with van der Waals surface area (Å²) in [4.78, 5) is 27.3. The van der Waals surface area contributed by atoms with Gasteiger partial charge in [-0.1, -0.05) is 20.8 Å². The zero-order valence-electron chi connectivity index (χ0n) is 21.3. The summed E-state index contributed by atoms with van der Waals surface area (Å²) >= 11 is 0. The van der Waals surface area contributed by atoms with Gasteiger partial charge < -0.3 is 19.1 Å². The number of esters is 1. The highest BCUT2D eigenvalue weighted by Gasteiger charge is 2.50. The summed E-state index contributed by atoms with van der Waals surface area (Å²) in [5.74, 6) is 0.0567. The summed E-state index contributed by atoms with van der Waals surface area (Å²) in [7, 11) is -3.88. The zero-order chi connectivity index (χ0) is 26.4. The molecule has 37 heavy (non-hydrogen) atoms. The Labute approximate surface area is 217 Å². The number of anilines is 1. The van der Waals surface area contributed by atoms with Crippen molar-refractivity contribution in [3.8, 4) is 11.5 Å². The van der Waals surface area contributed by atoms with Crippen LogP contribution in [0.5, 0.6) is 11.5 Å². The minimum atomic E-state index is -3.88. The number of ether oxygens (including phenoxy) is 3. The lowest BCUT2D eigenvalue weighted by atomic mass is 9.65. The van der Waals surface area contributed by atoms with Gasteiger partial charge in [-0.25, -0.2) is 13.2 Å². The van der Waals surface area contributed by atoms with Crippen molar-refractivity contribution in [1.82, 2.24) is 4.90 Å². The van der Waals surface area contributed by atoms with Gasteiger partial charge in [0.2, 0.25) is 0 Å². The fourth-order valence-corrected chi connectivity index (χ4v) is 7.20.